The summed E-state index contributed by atoms with van der Waals surface area (Å²) in [6.45, 7) is -4.35. The van der Waals surface area contributed by atoms with Crippen LogP contribution >= 0.6 is 6.83 Å². The first-order valence-corrected chi connectivity index (χ1v) is 16.1. The second-order valence-electron chi connectivity index (χ2n) is 9.22. The van der Waals surface area contributed by atoms with E-state index in [1.165, 1.54) is 18.2 Å². The number of carbonyl (C=O) groups is 1. The second kappa shape index (κ2) is 10.6. The molecule has 7 heteroatoms. The Bertz CT molecular complexity index is 1590. The van der Waals surface area contributed by atoms with Gasteiger partial charge in [0.05, 0.1) is 0 Å². The van der Waals surface area contributed by atoms with Gasteiger partial charge in [-0.1, -0.05) is 0 Å². The molecule has 0 bridgehead atoms. The maximum atomic E-state index is 14.4. The number of rotatable bonds is 9. The van der Waals surface area contributed by atoms with Crippen molar-refractivity contribution in [2.75, 3.05) is 0 Å². The Kier molecular flexibility index (Phi) is 7.19. The van der Waals surface area contributed by atoms with E-state index in [9.17, 15) is 18.3 Å². The van der Waals surface area contributed by atoms with Gasteiger partial charge in [-0.3, -0.25) is 0 Å². The summed E-state index contributed by atoms with van der Waals surface area (Å²) in [5.41, 5.74) is 0.767. The van der Waals surface area contributed by atoms with E-state index < -0.39 is 22.9 Å². The zero-order chi connectivity index (χ0) is 27.4. The Hall–Kier alpha value is -4.09. The van der Waals surface area contributed by atoms with E-state index in [0.29, 0.717) is 0 Å². The van der Waals surface area contributed by atoms with E-state index in [0.717, 1.165) is 27.5 Å². The van der Waals surface area contributed by atoms with Crippen molar-refractivity contribution < 1.29 is 22.3 Å². The molecule has 0 atom stereocenters. The Morgan fingerprint density at radius 3 is 1.49 bits per heavy atom. The van der Waals surface area contributed by atoms with Gasteiger partial charge in [0.15, 0.2) is 0 Å². The minimum absolute atomic E-state index is 0.137. The number of benzene rings is 5. The fourth-order valence-electron chi connectivity index (χ4n) is 5.08. The molecule has 0 radical (unpaired) electrons. The van der Waals surface area contributed by atoms with Gasteiger partial charge in [0.2, 0.25) is 0 Å². The average Bonchev–Trinajstić information content (AvgIpc) is 2.99. The molecule has 0 spiro atoms. The monoisotopic (exact) mass is 554 g/mol. The summed E-state index contributed by atoms with van der Waals surface area (Å²) in [7, 11) is -4.50. The van der Waals surface area contributed by atoms with Crippen LogP contribution in [0.2, 0.25) is 0 Å². The third kappa shape index (κ3) is 4.79. The second-order valence-corrected chi connectivity index (χ2v) is 15.5. The van der Waals surface area contributed by atoms with E-state index in [2.05, 4.69) is 0 Å². The number of hydrogen-bond acceptors (Lipinski definition) is 4. The van der Waals surface area contributed by atoms with Gasteiger partial charge < -0.3 is 0 Å². The van der Waals surface area contributed by atoms with Crippen molar-refractivity contribution in [3.63, 3.8) is 0 Å². The van der Waals surface area contributed by atoms with Crippen LogP contribution in [-0.2, 0) is 20.3 Å². The van der Waals surface area contributed by atoms with Crippen LogP contribution in [0.1, 0.15) is 15.9 Å². The zero-order valence-corrected chi connectivity index (χ0v) is 22.7. The standard InChI is InChI=1S/C32H27O5PS/c33-32(34)27-16-13-23-31(24-27)39(35,36)37-38(28-17-7-2-8-18-28,29-19-9-3-10-20-29,30-21-11-4-12-22-30)25-26-14-5-1-6-15-26/h1-24H,25H2,(H,33,34). The summed E-state index contributed by atoms with van der Waals surface area (Å²) in [6.07, 6.45) is 0.266. The fraction of sp³-hybridized carbons (Fsp3) is 0.0312. The van der Waals surface area contributed by atoms with Crippen LogP contribution < -0.4 is 15.9 Å². The van der Waals surface area contributed by atoms with E-state index in [1.807, 2.05) is 121 Å². The van der Waals surface area contributed by atoms with E-state index in [1.54, 1.807) is 0 Å². The average molecular weight is 555 g/mol. The number of carboxylic acid groups (broad SMARTS) is 1. The molecule has 0 unspecified atom stereocenters. The molecule has 0 aromatic heterocycles. The van der Waals surface area contributed by atoms with Crippen molar-refractivity contribution in [3.8, 4) is 0 Å². The van der Waals surface area contributed by atoms with Gasteiger partial charge in [-0.2, -0.15) is 0 Å². The number of hydrogen-bond donors (Lipinski definition) is 1. The minimum atomic E-state index is -4.50. The van der Waals surface area contributed by atoms with Gasteiger partial charge in [-0.05, 0) is 0 Å². The van der Waals surface area contributed by atoms with Gasteiger partial charge in [0.1, 0.15) is 0 Å². The first-order chi connectivity index (χ1) is 18.8. The summed E-state index contributed by atoms with van der Waals surface area (Å²) in [5.74, 6) is -1.22. The van der Waals surface area contributed by atoms with Crippen LogP contribution in [0.15, 0.2) is 150 Å². The van der Waals surface area contributed by atoms with Gasteiger partial charge in [-0.15, -0.1) is 0 Å². The SMILES string of the molecule is O=C(O)c1cccc(S(=O)(=O)OP(Cc2ccccc2)(c2ccccc2)(c2ccccc2)c2ccccc2)c1. The Morgan fingerprint density at radius 1 is 0.615 bits per heavy atom. The first kappa shape index (κ1) is 26.5. The summed E-state index contributed by atoms with van der Waals surface area (Å²) in [5, 5.41) is 11.8. The normalized spacial score (nSPS) is 12.8. The molecule has 0 amide bonds. The molecule has 0 saturated heterocycles. The molecule has 0 aliphatic carbocycles. The first-order valence-electron chi connectivity index (χ1n) is 12.4. The van der Waals surface area contributed by atoms with Crippen LogP contribution in [0.5, 0.6) is 0 Å². The van der Waals surface area contributed by atoms with E-state index in [-0.39, 0.29) is 16.6 Å². The summed E-state index contributed by atoms with van der Waals surface area (Å²) in [4.78, 5) is 11.5. The predicted molar refractivity (Wildman–Crippen MR) is 157 cm³/mol. The zero-order valence-electron chi connectivity index (χ0n) is 21.0. The van der Waals surface area contributed by atoms with Crippen LogP contribution in [0.4, 0.5) is 0 Å². The van der Waals surface area contributed by atoms with Gasteiger partial charge in [-0.25, -0.2) is 0 Å². The third-order valence-corrected chi connectivity index (χ3v) is 14.9. The van der Waals surface area contributed by atoms with Crippen LogP contribution in [0.25, 0.3) is 0 Å². The maximum absolute atomic E-state index is 14.4. The molecule has 5 rings (SSSR count). The molecule has 5 aromatic carbocycles. The van der Waals surface area contributed by atoms with E-state index in [4.69, 9.17) is 3.97 Å². The third-order valence-electron chi connectivity index (χ3n) is 6.87. The molecular weight excluding hydrogens is 527 g/mol. The van der Waals surface area contributed by atoms with Crippen molar-refractivity contribution in [3.05, 3.63) is 157 Å². The Morgan fingerprint density at radius 2 is 1.05 bits per heavy atom. The van der Waals surface area contributed by atoms with Gasteiger partial charge >= 0.3 is 229 Å². The molecule has 5 aromatic rings. The topological polar surface area (TPSA) is 80.7 Å². The van der Waals surface area contributed by atoms with Crippen molar-refractivity contribution in [2.45, 2.75) is 11.1 Å². The Balaban J connectivity index is 1.93. The summed E-state index contributed by atoms with van der Waals surface area (Å²) < 4.78 is 35.5. The molecule has 0 aliphatic rings. The van der Waals surface area contributed by atoms with Gasteiger partial charge in [0, 0.05) is 0 Å². The van der Waals surface area contributed by atoms with Crippen LogP contribution in [0, 0.1) is 0 Å². The molecule has 0 saturated carbocycles. The summed E-state index contributed by atoms with van der Waals surface area (Å²) >= 11 is 0. The van der Waals surface area contributed by atoms with Crippen molar-refractivity contribution in [2.24, 2.45) is 0 Å². The predicted octanol–water partition coefficient (Wildman–Crippen LogP) is 5.74. The molecule has 39 heavy (non-hydrogen) atoms. The van der Waals surface area contributed by atoms with E-state index >= 15 is 0 Å². The number of carboxylic acids is 1. The van der Waals surface area contributed by atoms with Crippen molar-refractivity contribution in [1.29, 1.82) is 0 Å². The molecule has 0 heterocycles. The fourth-order valence-corrected chi connectivity index (χ4v) is 13.7. The molecule has 5 nitrogen and oxygen atoms in total. The quantitative estimate of drug-likeness (QED) is 0.235. The molecule has 1 N–H and O–H groups in total. The van der Waals surface area contributed by atoms with Crippen LogP contribution in [0.3, 0.4) is 0 Å². The Labute approximate surface area is 228 Å². The molecular formula is C32H27O5PS. The van der Waals surface area contributed by atoms with Gasteiger partial charge in [0.25, 0.3) is 0 Å². The molecule has 0 aliphatic heterocycles. The molecule has 0 fully saturated rings. The van der Waals surface area contributed by atoms with Crippen molar-refractivity contribution >= 4 is 38.8 Å². The number of aromatic carboxylic acids is 1. The van der Waals surface area contributed by atoms with Crippen molar-refractivity contribution in [1.82, 2.24) is 0 Å². The van der Waals surface area contributed by atoms with Crippen LogP contribution in [-0.4, -0.2) is 19.5 Å². The molecule has 196 valence electrons. The summed E-state index contributed by atoms with van der Waals surface area (Å²) in [6, 6.07) is 43.5.